The fourth-order valence-electron chi connectivity index (χ4n) is 3.17. The van der Waals surface area contributed by atoms with Gasteiger partial charge in [0.2, 0.25) is 5.91 Å². The lowest BCUT2D eigenvalue weighted by atomic mass is 9.99. The maximum atomic E-state index is 12.8. The van der Waals surface area contributed by atoms with Gasteiger partial charge in [-0.2, -0.15) is 0 Å². The molecule has 0 aromatic carbocycles. The van der Waals surface area contributed by atoms with E-state index in [1.54, 1.807) is 11.3 Å². The van der Waals surface area contributed by atoms with Crippen molar-refractivity contribution in [1.82, 2.24) is 10.2 Å². The minimum absolute atomic E-state index is 0.0245. The molecule has 110 valence electrons. The Morgan fingerprint density at radius 3 is 2.75 bits per heavy atom. The van der Waals surface area contributed by atoms with E-state index in [2.05, 4.69) is 55.4 Å². The van der Waals surface area contributed by atoms with Crippen molar-refractivity contribution in [3.63, 3.8) is 0 Å². The highest BCUT2D eigenvalue weighted by Crippen LogP contribution is 2.52. The van der Waals surface area contributed by atoms with Crippen LogP contribution in [0.15, 0.2) is 17.5 Å². The smallest absolute Gasteiger partial charge is 0.241 e. The van der Waals surface area contributed by atoms with Gasteiger partial charge in [0.05, 0.1) is 6.04 Å². The minimum atomic E-state index is -0.0245. The van der Waals surface area contributed by atoms with Gasteiger partial charge in [-0.05, 0) is 29.2 Å². The maximum absolute atomic E-state index is 12.8. The third kappa shape index (κ3) is 2.19. The van der Waals surface area contributed by atoms with Crippen molar-refractivity contribution < 1.29 is 4.79 Å². The molecular formula is C16H24N2OS. The topological polar surface area (TPSA) is 32.3 Å². The summed E-state index contributed by atoms with van der Waals surface area (Å²) in [6.45, 7) is 8.84. The van der Waals surface area contributed by atoms with E-state index < -0.39 is 0 Å². The molecule has 2 aliphatic rings. The molecule has 1 saturated heterocycles. The summed E-state index contributed by atoms with van der Waals surface area (Å²) in [7, 11) is 0. The van der Waals surface area contributed by atoms with Crippen LogP contribution < -0.4 is 5.32 Å². The maximum Gasteiger partial charge on any atom is 0.241 e. The molecule has 0 spiro atoms. The van der Waals surface area contributed by atoms with Crippen LogP contribution in [0.4, 0.5) is 0 Å². The quantitative estimate of drug-likeness (QED) is 0.922. The van der Waals surface area contributed by atoms with E-state index in [1.807, 2.05) is 0 Å². The number of hydrogen-bond donors (Lipinski definition) is 1. The van der Waals surface area contributed by atoms with Gasteiger partial charge in [0.15, 0.2) is 0 Å². The number of thiophene rings is 1. The molecule has 1 amide bonds. The lowest BCUT2D eigenvalue weighted by molar-refractivity contribution is -0.131. The summed E-state index contributed by atoms with van der Waals surface area (Å²) < 4.78 is 0. The highest BCUT2D eigenvalue weighted by atomic mass is 32.1. The van der Waals surface area contributed by atoms with Crippen molar-refractivity contribution in [2.45, 2.75) is 58.8 Å². The number of nitrogens with zero attached hydrogens (tertiary/aromatic N) is 1. The number of hydrogen-bond acceptors (Lipinski definition) is 3. The second-order valence-corrected chi connectivity index (χ2v) is 7.88. The van der Waals surface area contributed by atoms with Gasteiger partial charge in [-0.3, -0.25) is 10.1 Å². The lowest BCUT2D eigenvalue weighted by Crippen LogP contribution is -2.37. The molecule has 0 bridgehead atoms. The molecule has 20 heavy (non-hydrogen) atoms. The fraction of sp³-hybridized carbons (Fsp3) is 0.688. The van der Waals surface area contributed by atoms with Crippen LogP contribution in [0.25, 0.3) is 0 Å². The van der Waals surface area contributed by atoms with Crippen LogP contribution in [0.3, 0.4) is 0 Å². The van der Waals surface area contributed by atoms with Gasteiger partial charge >= 0.3 is 0 Å². The van der Waals surface area contributed by atoms with Gasteiger partial charge < -0.3 is 4.90 Å². The number of amides is 1. The molecule has 2 fully saturated rings. The predicted octanol–water partition coefficient (Wildman–Crippen LogP) is 3.39. The van der Waals surface area contributed by atoms with Crippen LogP contribution in [0.1, 0.15) is 51.6 Å². The molecule has 4 atom stereocenters. The van der Waals surface area contributed by atoms with Crippen LogP contribution in [-0.4, -0.2) is 22.9 Å². The van der Waals surface area contributed by atoms with Gasteiger partial charge in [0, 0.05) is 10.9 Å². The molecule has 1 N–H and O–H groups in total. The fourth-order valence-corrected chi connectivity index (χ4v) is 3.95. The highest BCUT2D eigenvalue weighted by molar-refractivity contribution is 7.10. The summed E-state index contributed by atoms with van der Waals surface area (Å²) in [4.78, 5) is 16.2. The summed E-state index contributed by atoms with van der Waals surface area (Å²) >= 11 is 1.74. The number of nitrogens with one attached hydrogen (secondary N) is 1. The van der Waals surface area contributed by atoms with Gasteiger partial charge in [0.1, 0.15) is 6.17 Å². The lowest BCUT2D eigenvalue weighted by Gasteiger charge is -2.25. The van der Waals surface area contributed by atoms with Crippen molar-refractivity contribution in [1.29, 1.82) is 0 Å². The molecule has 4 unspecified atom stereocenters. The Labute approximate surface area is 125 Å². The Morgan fingerprint density at radius 1 is 1.55 bits per heavy atom. The van der Waals surface area contributed by atoms with E-state index >= 15 is 0 Å². The Morgan fingerprint density at radius 2 is 2.25 bits per heavy atom. The largest absolute Gasteiger partial charge is 0.317 e. The van der Waals surface area contributed by atoms with Gasteiger partial charge in [-0.15, -0.1) is 11.3 Å². The second kappa shape index (κ2) is 4.85. The molecular weight excluding hydrogens is 268 g/mol. The first-order chi connectivity index (χ1) is 9.45. The normalized spacial score (nSPS) is 33.5. The molecule has 3 rings (SSSR count). The number of carbonyl (C=O) groups is 1. The molecule has 1 aliphatic carbocycles. The highest BCUT2D eigenvalue weighted by Gasteiger charge is 2.57. The van der Waals surface area contributed by atoms with Crippen LogP contribution in [-0.2, 0) is 4.79 Å². The zero-order chi connectivity index (χ0) is 14.5. The SMILES string of the molecule is CCC(C)C1NC(c2cccs2)N(C2CC2(C)C)C1=O. The zero-order valence-electron chi connectivity index (χ0n) is 12.7. The second-order valence-electron chi connectivity index (χ2n) is 6.90. The van der Waals surface area contributed by atoms with Crippen molar-refractivity contribution in [3.05, 3.63) is 22.4 Å². The van der Waals surface area contributed by atoms with Crippen LogP contribution in [0.2, 0.25) is 0 Å². The Hall–Kier alpha value is -0.870. The molecule has 1 saturated carbocycles. The predicted molar refractivity (Wildman–Crippen MR) is 82.5 cm³/mol. The number of rotatable bonds is 4. The molecule has 4 heteroatoms. The third-order valence-corrected chi connectivity index (χ3v) is 5.88. The summed E-state index contributed by atoms with van der Waals surface area (Å²) in [5.74, 6) is 0.685. The first-order valence-corrected chi connectivity index (χ1v) is 8.45. The van der Waals surface area contributed by atoms with E-state index in [0.717, 1.165) is 12.8 Å². The average Bonchev–Trinajstić information content (AvgIpc) is 2.84. The molecule has 1 aliphatic heterocycles. The summed E-state index contributed by atoms with van der Waals surface area (Å²) in [5.41, 5.74) is 0.275. The Bertz CT molecular complexity index is 497. The van der Waals surface area contributed by atoms with Crippen molar-refractivity contribution in [3.8, 4) is 0 Å². The average molecular weight is 292 g/mol. The van der Waals surface area contributed by atoms with Gasteiger partial charge in [0.25, 0.3) is 0 Å². The van der Waals surface area contributed by atoms with E-state index in [0.29, 0.717) is 17.9 Å². The van der Waals surface area contributed by atoms with E-state index in [1.165, 1.54) is 4.88 Å². The van der Waals surface area contributed by atoms with Crippen LogP contribution in [0.5, 0.6) is 0 Å². The molecule has 1 aromatic heterocycles. The van der Waals surface area contributed by atoms with Crippen LogP contribution in [0, 0.1) is 11.3 Å². The molecule has 2 heterocycles. The van der Waals surface area contributed by atoms with E-state index in [-0.39, 0.29) is 17.6 Å². The number of carbonyl (C=O) groups excluding carboxylic acids is 1. The first-order valence-electron chi connectivity index (χ1n) is 7.57. The van der Waals surface area contributed by atoms with Gasteiger partial charge in [-0.1, -0.05) is 40.2 Å². The van der Waals surface area contributed by atoms with Crippen LogP contribution >= 0.6 is 11.3 Å². The molecule has 3 nitrogen and oxygen atoms in total. The van der Waals surface area contributed by atoms with Crippen molar-refractivity contribution in [2.24, 2.45) is 11.3 Å². The summed E-state index contributed by atoms with van der Waals surface area (Å²) in [6.07, 6.45) is 2.23. The Balaban J connectivity index is 1.89. The standard InChI is InChI=1S/C16H24N2OS/c1-5-10(2)13-15(19)18(12-9-16(12,3)4)14(17-13)11-7-6-8-20-11/h6-8,10,12-14,17H,5,9H2,1-4H3. The third-order valence-electron chi connectivity index (χ3n) is 4.96. The summed E-state index contributed by atoms with van der Waals surface area (Å²) in [6, 6.07) is 4.57. The first kappa shape index (κ1) is 14.1. The van der Waals surface area contributed by atoms with E-state index in [4.69, 9.17) is 0 Å². The monoisotopic (exact) mass is 292 g/mol. The zero-order valence-corrected chi connectivity index (χ0v) is 13.5. The van der Waals surface area contributed by atoms with E-state index in [9.17, 15) is 4.79 Å². The minimum Gasteiger partial charge on any atom is -0.317 e. The van der Waals surface area contributed by atoms with Crippen molar-refractivity contribution >= 4 is 17.2 Å². The molecule has 0 radical (unpaired) electrons. The molecule has 1 aromatic rings. The summed E-state index contributed by atoms with van der Waals surface area (Å²) in [5, 5.41) is 5.68. The van der Waals surface area contributed by atoms with Gasteiger partial charge in [-0.25, -0.2) is 0 Å². The van der Waals surface area contributed by atoms with Crippen molar-refractivity contribution in [2.75, 3.05) is 0 Å². The Kier molecular flexibility index (Phi) is 3.41.